The second-order valence-electron chi connectivity index (χ2n) is 7.25. The molecule has 8 nitrogen and oxygen atoms in total. The van der Waals surface area contributed by atoms with Crippen LogP contribution in [0.1, 0.15) is 27.2 Å². The predicted octanol–water partition coefficient (Wildman–Crippen LogP) is 4.14. The van der Waals surface area contributed by atoms with Crippen molar-refractivity contribution in [2.45, 2.75) is 26.4 Å². The van der Waals surface area contributed by atoms with E-state index in [0.29, 0.717) is 6.54 Å². The molecule has 4 aromatic rings. The molecule has 2 heterocycles. The van der Waals surface area contributed by atoms with Crippen LogP contribution in [0.3, 0.4) is 0 Å². The summed E-state index contributed by atoms with van der Waals surface area (Å²) in [6, 6.07) is 13.9. The number of aromatic nitrogens is 5. The van der Waals surface area contributed by atoms with E-state index in [1.807, 2.05) is 31.2 Å². The molecule has 0 fully saturated rings. The molecule has 1 N–H and O–H groups in total. The van der Waals surface area contributed by atoms with Gasteiger partial charge in [-0.05, 0) is 36.8 Å². The van der Waals surface area contributed by atoms with Crippen LogP contribution in [0.25, 0.3) is 0 Å². The first-order valence-electron chi connectivity index (χ1n) is 9.86. The van der Waals surface area contributed by atoms with Gasteiger partial charge in [0, 0.05) is 6.20 Å². The third-order valence-electron chi connectivity index (χ3n) is 4.59. The summed E-state index contributed by atoms with van der Waals surface area (Å²) in [7, 11) is 0. The fourth-order valence-corrected chi connectivity index (χ4v) is 3.05. The van der Waals surface area contributed by atoms with Crippen molar-refractivity contribution in [3.8, 4) is 5.75 Å². The molecular formula is C22H19F3N6O2. The van der Waals surface area contributed by atoms with Crippen LogP contribution in [0, 0.1) is 6.92 Å². The highest BCUT2D eigenvalue weighted by molar-refractivity contribution is 6.01. The molecule has 0 unspecified atom stereocenters. The fraction of sp³-hybridized carbons (Fsp3) is 0.182. The van der Waals surface area contributed by atoms with Gasteiger partial charge in [0.05, 0.1) is 12.1 Å². The normalized spacial score (nSPS) is 11.4. The smallest absolute Gasteiger partial charge is 0.416 e. The summed E-state index contributed by atoms with van der Waals surface area (Å²) < 4.78 is 46.6. The topological polar surface area (TPSA) is 86.9 Å². The number of hydrogen-bond donors (Lipinski definition) is 1. The van der Waals surface area contributed by atoms with Crippen LogP contribution < -0.4 is 10.1 Å². The van der Waals surface area contributed by atoms with Crippen molar-refractivity contribution in [1.82, 2.24) is 24.5 Å². The molecule has 2 aromatic heterocycles. The van der Waals surface area contributed by atoms with Gasteiger partial charge in [-0.2, -0.15) is 18.3 Å². The number of ether oxygens (including phenoxy) is 1. The molecule has 170 valence electrons. The minimum Gasteiger partial charge on any atom is -0.471 e. The number of carbonyl (C=O) groups excluding carboxylic acids is 1. The average molecular weight is 456 g/mol. The molecule has 33 heavy (non-hydrogen) atoms. The highest BCUT2D eigenvalue weighted by Crippen LogP contribution is 2.31. The Hall–Kier alpha value is -4.15. The zero-order chi connectivity index (χ0) is 23.4. The highest BCUT2D eigenvalue weighted by atomic mass is 19.4. The van der Waals surface area contributed by atoms with Crippen LogP contribution in [0.5, 0.6) is 5.75 Å². The lowest BCUT2D eigenvalue weighted by Gasteiger charge is -2.10. The molecule has 0 saturated heterocycles. The number of rotatable bonds is 7. The van der Waals surface area contributed by atoms with E-state index in [4.69, 9.17) is 4.74 Å². The number of alkyl halides is 3. The van der Waals surface area contributed by atoms with Gasteiger partial charge >= 0.3 is 6.18 Å². The number of carbonyl (C=O) groups is 1. The second kappa shape index (κ2) is 9.15. The zero-order valence-corrected chi connectivity index (χ0v) is 17.5. The summed E-state index contributed by atoms with van der Waals surface area (Å²) in [5.41, 5.74) is 1.46. The van der Waals surface area contributed by atoms with Crippen molar-refractivity contribution in [3.63, 3.8) is 0 Å². The first-order chi connectivity index (χ1) is 15.8. The maximum Gasteiger partial charge on any atom is 0.416 e. The number of halogens is 3. The molecule has 0 spiro atoms. The number of nitrogens with one attached hydrogen (secondary N) is 1. The summed E-state index contributed by atoms with van der Waals surface area (Å²) in [6.07, 6.45) is -1.47. The lowest BCUT2D eigenvalue weighted by atomic mass is 10.1. The van der Waals surface area contributed by atoms with Gasteiger partial charge in [-0.1, -0.05) is 35.9 Å². The number of benzene rings is 2. The molecule has 0 aliphatic heterocycles. The van der Waals surface area contributed by atoms with Gasteiger partial charge < -0.3 is 4.74 Å². The third kappa shape index (κ3) is 5.76. The molecule has 0 radical (unpaired) electrons. The maximum atomic E-state index is 12.8. The van der Waals surface area contributed by atoms with Crippen LogP contribution in [0.4, 0.5) is 19.1 Å². The SMILES string of the molecule is Cc1cccc(Cn2cnc(NC(=O)c3ccn(COc4cccc(C(F)(F)F)c4)n3)n2)c1. The van der Waals surface area contributed by atoms with E-state index >= 15 is 0 Å². The largest absolute Gasteiger partial charge is 0.471 e. The minimum absolute atomic E-state index is 0.0367. The summed E-state index contributed by atoms with van der Waals surface area (Å²) in [4.78, 5) is 16.5. The Balaban J connectivity index is 1.33. The van der Waals surface area contributed by atoms with Crippen LogP contribution in [0.2, 0.25) is 0 Å². The Morgan fingerprint density at radius 1 is 1.06 bits per heavy atom. The van der Waals surface area contributed by atoms with E-state index in [1.54, 1.807) is 4.68 Å². The van der Waals surface area contributed by atoms with E-state index in [9.17, 15) is 18.0 Å². The quantitative estimate of drug-likeness (QED) is 0.452. The second-order valence-corrected chi connectivity index (χ2v) is 7.25. The van der Waals surface area contributed by atoms with Gasteiger partial charge in [-0.25, -0.2) is 14.3 Å². The van der Waals surface area contributed by atoms with Crippen molar-refractivity contribution in [2.24, 2.45) is 0 Å². The lowest BCUT2D eigenvalue weighted by Crippen LogP contribution is -2.15. The number of nitrogens with zero attached hydrogens (tertiary/aromatic N) is 5. The monoisotopic (exact) mass is 456 g/mol. The molecule has 0 atom stereocenters. The molecule has 0 aliphatic rings. The summed E-state index contributed by atoms with van der Waals surface area (Å²) in [5.74, 6) is -0.363. The van der Waals surface area contributed by atoms with Crippen LogP contribution in [-0.2, 0) is 19.5 Å². The first-order valence-corrected chi connectivity index (χ1v) is 9.86. The van der Waals surface area contributed by atoms with Gasteiger partial charge in [0.15, 0.2) is 12.4 Å². The molecule has 2 aromatic carbocycles. The van der Waals surface area contributed by atoms with Gasteiger partial charge in [0.2, 0.25) is 5.95 Å². The molecule has 11 heteroatoms. The van der Waals surface area contributed by atoms with E-state index in [1.165, 1.54) is 35.4 Å². The van der Waals surface area contributed by atoms with E-state index in [-0.39, 0.29) is 24.1 Å². The first kappa shape index (κ1) is 22.1. The molecule has 1 amide bonds. The van der Waals surface area contributed by atoms with Crippen molar-refractivity contribution in [2.75, 3.05) is 5.32 Å². The molecule has 4 rings (SSSR count). The number of anilines is 1. The van der Waals surface area contributed by atoms with Crippen LogP contribution in [-0.4, -0.2) is 30.5 Å². The van der Waals surface area contributed by atoms with Gasteiger partial charge in [-0.15, -0.1) is 5.10 Å². The molecule has 0 bridgehead atoms. The third-order valence-corrected chi connectivity index (χ3v) is 4.59. The molecular weight excluding hydrogens is 437 g/mol. The molecule has 0 aliphatic carbocycles. The molecule has 0 saturated carbocycles. The van der Waals surface area contributed by atoms with E-state index < -0.39 is 17.6 Å². The lowest BCUT2D eigenvalue weighted by molar-refractivity contribution is -0.137. The fourth-order valence-electron chi connectivity index (χ4n) is 3.05. The summed E-state index contributed by atoms with van der Waals surface area (Å²) in [6.45, 7) is 2.34. The maximum absolute atomic E-state index is 12.8. The number of amides is 1. The van der Waals surface area contributed by atoms with Crippen molar-refractivity contribution >= 4 is 11.9 Å². The minimum atomic E-state index is -4.46. The van der Waals surface area contributed by atoms with E-state index in [0.717, 1.165) is 23.3 Å². The predicted molar refractivity (Wildman–Crippen MR) is 113 cm³/mol. The van der Waals surface area contributed by atoms with Crippen molar-refractivity contribution in [1.29, 1.82) is 0 Å². The Morgan fingerprint density at radius 2 is 1.88 bits per heavy atom. The highest BCUT2D eigenvalue weighted by Gasteiger charge is 2.30. The van der Waals surface area contributed by atoms with Crippen molar-refractivity contribution < 1.29 is 22.7 Å². The number of aryl methyl sites for hydroxylation is 1. The zero-order valence-electron chi connectivity index (χ0n) is 17.5. The standard InChI is InChI=1S/C22H19F3N6O2/c1-15-4-2-5-16(10-15)12-31-13-26-21(29-31)27-20(32)19-8-9-30(28-19)14-33-18-7-3-6-17(11-18)22(23,24)25/h2-11,13H,12,14H2,1H3,(H,27,29,32). The van der Waals surface area contributed by atoms with Crippen molar-refractivity contribution in [3.05, 3.63) is 89.5 Å². The van der Waals surface area contributed by atoms with Gasteiger partial charge in [0.25, 0.3) is 5.91 Å². The summed E-state index contributed by atoms with van der Waals surface area (Å²) >= 11 is 0. The Morgan fingerprint density at radius 3 is 2.67 bits per heavy atom. The van der Waals surface area contributed by atoms with E-state index in [2.05, 4.69) is 20.5 Å². The Kier molecular flexibility index (Phi) is 6.11. The van der Waals surface area contributed by atoms with Crippen LogP contribution >= 0.6 is 0 Å². The number of hydrogen-bond acceptors (Lipinski definition) is 5. The Bertz CT molecular complexity index is 1260. The van der Waals surface area contributed by atoms with Gasteiger partial charge in [-0.3, -0.25) is 10.1 Å². The summed E-state index contributed by atoms with van der Waals surface area (Å²) in [5, 5.41) is 10.9. The van der Waals surface area contributed by atoms with Crippen LogP contribution in [0.15, 0.2) is 67.1 Å². The Labute approximate surface area is 186 Å². The van der Waals surface area contributed by atoms with Gasteiger partial charge in [0.1, 0.15) is 12.1 Å². The average Bonchev–Trinajstić information content (AvgIpc) is 3.41.